The van der Waals surface area contributed by atoms with Crippen LogP contribution in [0.4, 0.5) is 0 Å². The van der Waals surface area contributed by atoms with Crippen LogP contribution >= 0.6 is 34.2 Å². The molecule has 6 nitrogen and oxygen atoms in total. The topological polar surface area (TPSA) is 64.2 Å². The van der Waals surface area contributed by atoms with Gasteiger partial charge >= 0.3 is 0 Å². The first-order valence-electron chi connectivity index (χ1n) is 8.80. The number of carbonyl (C=O) groups excluding carboxylic acids is 1. The zero-order valence-electron chi connectivity index (χ0n) is 15.1. The van der Waals surface area contributed by atoms with Crippen LogP contribution in [0.3, 0.4) is 0 Å². The Bertz CT molecular complexity index is 1150. The Balaban J connectivity index is 1.53. The van der Waals surface area contributed by atoms with Crippen molar-refractivity contribution in [2.45, 2.75) is 19.9 Å². The highest BCUT2D eigenvalue weighted by molar-refractivity contribution is 14.1. The van der Waals surface area contributed by atoms with E-state index in [9.17, 15) is 4.79 Å². The van der Waals surface area contributed by atoms with Crippen molar-refractivity contribution < 1.29 is 4.79 Å². The van der Waals surface area contributed by atoms with Gasteiger partial charge in [0.05, 0.1) is 28.6 Å². The lowest BCUT2D eigenvalue weighted by atomic mass is 10.2. The van der Waals surface area contributed by atoms with E-state index in [4.69, 9.17) is 11.6 Å². The van der Waals surface area contributed by atoms with E-state index in [-0.39, 0.29) is 5.91 Å². The summed E-state index contributed by atoms with van der Waals surface area (Å²) in [4.78, 5) is 17.4. The van der Waals surface area contributed by atoms with Gasteiger partial charge in [-0.1, -0.05) is 18.5 Å². The molecule has 142 valence electrons. The molecule has 0 aliphatic carbocycles. The number of hydrogen-bond donors (Lipinski definition) is 1. The molecule has 0 spiro atoms. The molecule has 8 heteroatoms. The van der Waals surface area contributed by atoms with Crippen molar-refractivity contribution in [3.63, 3.8) is 0 Å². The lowest BCUT2D eigenvalue weighted by Crippen LogP contribution is -2.25. The zero-order valence-corrected chi connectivity index (χ0v) is 18.0. The van der Waals surface area contributed by atoms with Gasteiger partial charge in [0.25, 0.3) is 5.91 Å². The Labute approximate surface area is 180 Å². The van der Waals surface area contributed by atoms with Gasteiger partial charge in [-0.3, -0.25) is 9.20 Å². The lowest BCUT2D eigenvalue weighted by molar-refractivity contribution is 0.0943. The van der Waals surface area contributed by atoms with E-state index in [1.165, 1.54) is 3.57 Å². The number of benzene rings is 1. The molecule has 3 aromatic heterocycles. The fourth-order valence-electron chi connectivity index (χ4n) is 3.00. The predicted molar refractivity (Wildman–Crippen MR) is 117 cm³/mol. The van der Waals surface area contributed by atoms with Crippen molar-refractivity contribution in [1.29, 1.82) is 0 Å². The number of nitrogens with one attached hydrogen (secondary N) is 1. The standard InChI is InChI=1S/C20H17ClIN5O/c1-2-17-19(26-12-13(21)3-8-18(26)24-17)20(28)23-11-15-9-10-27(25-15)16-6-4-14(22)5-7-16/h3-10,12H,2,11H2,1H3,(H,23,28). The molecule has 0 aliphatic heterocycles. The zero-order chi connectivity index (χ0) is 19.7. The minimum atomic E-state index is -0.199. The summed E-state index contributed by atoms with van der Waals surface area (Å²) in [5.41, 5.74) is 3.70. The number of aromatic nitrogens is 4. The molecular weight excluding hydrogens is 489 g/mol. The fourth-order valence-corrected chi connectivity index (χ4v) is 3.52. The normalized spacial score (nSPS) is 11.1. The molecule has 1 amide bonds. The minimum absolute atomic E-state index is 0.199. The lowest BCUT2D eigenvalue weighted by Gasteiger charge is -2.06. The van der Waals surface area contributed by atoms with E-state index in [1.807, 2.05) is 43.5 Å². The number of halogens is 2. The quantitative estimate of drug-likeness (QED) is 0.412. The van der Waals surface area contributed by atoms with Crippen LogP contribution < -0.4 is 5.32 Å². The number of hydrogen-bond acceptors (Lipinski definition) is 3. The molecule has 28 heavy (non-hydrogen) atoms. The molecule has 4 aromatic rings. The van der Waals surface area contributed by atoms with Crippen LogP contribution in [0.1, 0.15) is 28.8 Å². The molecule has 0 saturated heterocycles. The molecule has 0 saturated carbocycles. The summed E-state index contributed by atoms with van der Waals surface area (Å²) in [5, 5.41) is 8.03. The Morgan fingerprint density at radius 3 is 2.71 bits per heavy atom. The summed E-state index contributed by atoms with van der Waals surface area (Å²) in [6, 6.07) is 13.5. The second-order valence-corrected chi connectivity index (χ2v) is 7.93. The summed E-state index contributed by atoms with van der Waals surface area (Å²) < 4.78 is 4.70. The number of nitrogens with zero attached hydrogens (tertiary/aromatic N) is 4. The minimum Gasteiger partial charge on any atom is -0.345 e. The first kappa shape index (κ1) is 18.9. The van der Waals surface area contributed by atoms with Gasteiger partial charge in [0.2, 0.25) is 0 Å². The van der Waals surface area contributed by atoms with Crippen molar-refractivity contribution in [3.05, 3.63) is 80.5 Å². The van der Waals surface area contributed by atoms with Crippen LogP contribution in [-0.4, -0.2) is 25.1 Å². The average Bonchev–Trinajstić information content (AvgIpc) is 3.31. The maximum atomic E-state index is 12.8. The van der Waals surface area contributed by atoms with Gasteiger partial charge < -0.3 is 5.32 Å². The summed E-state index contributed by atoms with van der Waals surface area (Å²) in [5.74, 6) is -0.199. The second-order valence-electron chi connectivity index (χ2n) is 6.25. The number of rotatable bonds is 5. The number of fused-ring (bicyclic) bond motifs is 1. The van der Waals surface area contributed by atoms with Gasteiger partial charge in [-0.15, -0.1) is 0 Å². The van der Waals surface area contributed by atoms with Gasteiger partial charge in [0.1, 0.15) is 11.3 Å². The molecule has 0 bridgehead atoms. The summed E-state index contributed by atoms with van der Waals surface area (Å²) in [6.45, 7) is 2.30. The number of pyridine rings is 1. The number of carbonyl (C=O) groups is 1. The SMILES string of the molecule is CCc1nc2ccc(Cl)cn2c1C(=O)NCc1ccn(-c2ccc(I)cc2)n1. The molecule has 3 heterocycles. The van der Waals surface area contributed by atoms with Crippen molar-refractivity contribution in [3.8, 4) is 5.69 Å². The maximum Gasteiger partial charge on any atom is 0.270 e. The predicted octanol–water partition coefficient (Wildman–Crippen LogP) is 4.27. The highest BCUT2D eigenvalue weighted by Gasteiger charge is 2.18. The van der Waals surface area contributed by atoms with Crippen molar-refractivity contribution in [2.24, 2.45) is 0 Å². The number of imidazole rings is 1. The van der Waals surface area contributed by atoms with Crippen LogP contribution in [0, 0.1) is 3.57 Å². The molecule has 0 fully saturated rings. The van der Waals surface area contributed by atoms with Crippen molar-refractivity contribution >= 4 is 45.7 Å². The highest BCUT2D eigenvalue weighted by Crippen LogP contribution is 2.17. The van der Waals surface area contributed by atoms with Gasteiger partial charge in [-0.25, -0.2) is 9.67 Å². The Morgan fingerprint density at radius 1 is 1.18 bits per heavy atom. The Kier molecular flexibility index (Phi) is 5.36. The Hall–Kier alpha value is -2.39. The van der Waals surface area contributed by atoms with Crippen LogP contribution in [0.2, 0.25) is 5.02 Å². The third-order valence-electron chi connectivity index (χ3n) is 4.37. The maximum absolute atomic E-state index is 12.8. The van der Waals surface area contributed by atoms with E-state index in [1.54, 1.807) is 27.4 Å². The smallest absolute Gasteiger partial charge is 0.270 e. The van der Waals surface area contributed by atoms with Gasteiger partial charge in [0.15, 0.2) is 0 Å². The molecule has 0 radical (unpaired) electrons. The van der Waals surface area contributed by atoms with Crippen LogP contribution in [0.25, 0.3) is 11.3 Å². The van der Waals surface area contributed by atoms with Crippen LogP contribution in [0.5, 0.6) is 0 Å². The highest BCUT2D eigenvalue weighted by atomic mass is 127. The van der Waals surface area contributed by atoms with Gasteiger partial charge in [-0.05, 0) is 71.5 Å². The van der Waals surface area contributed by atoms with E-state index in [0.29, 0.717) is 29.3 Å². The van der Waals surface area contributed by atoms with Crippen molar-refractivity contribution in [2.75, 3.05) is 0 Å². The average molecular weight is 506 g/mol. The molecule has 0 aliphatic rings. The van der Waals surface area contributed by atoms with Crippen LogP contribution in [-0.2, 0) is 13.0 Å². The summed E-state index contributed by atoms with van der Waals surface area (Å²) >= 11 is 8.37. The monoisotopic (exact) mass is 505 g/mol. The van der Waals surface area contributed by atoms with E-state index in [0.717, 1.165) is 17.1 Å². The molecular formula is C20H17ClIN5O. The van der Waals surface area contributed by atoms with Gasteiger partial charge in [-0.2, -0.15) is 5.10 Å². The summed E-state index contributed by atoms with van der Waals surface area (Å²) in [6.07, 6.45) is 4.25. The third-order valence-corrected chi connectivity index (χ3v) is 5.31. The van der Waals surface area contributed by atoms with Gasteiger partial charge in [0, 0.05) is 16.0 Å². The van der Waals surface area contributed by atoms with Crippen LogP contribution in [0.15, 0.2) is 54.9 Å². The first-order chi connectivity index (χ1) is 13.5. The van der Waals surface area contributed by atoms with E-state index in [2.05, 4.69) is 38.0 Å². The van der Waals surface area contributed by atoms with E-state index >= 15 is 0 Å². The number of amides is 1. The first-order valence-corrected chi connectivity index (χ1v) is 10.3. The second kappa shape index (κ2) is 7.92. The number of aryl methyl sites for hydroxylation is 1. The Morgan fingerprint density at radius 2 is 1.96 bits per heavy atom. The largest absolute Gasteiger partial charge is 0.345 e. The molecule has 4 rings (SSSR count). The third kappa shape index (κ3) is 3.77. The fraction of sp³-hybridized carbons (Fsp3) is 0.150. The summed E-state index contributed by atoms with van der Waals surface area (Å²) in [7, 11) is 0. The van der Waals surface area contributed by atoms with Crippen molar-refractivity contribution in [1.82, 2.24) is 24.5 Å². The molecule has 0 atom stereocenters. The molecule has 1 N–H and O–H groups in total. The molecule has 0 unspecified atom stereocenters. The molecule has 1 aromatic carbocycles. The van der Waals surface area contributed by atoms with E-state index < -0.39 is 0 Å².